The number of likely N-dealkylation sites (N-methyl/N-ethyl adjacent to an activating group) is 1. The second-order valence-electron chi connectivity index (χ2n) is 8.21. The first-order valence-corrected chi connectivity index (χ1v) is 12.5. The van der Waals surface area contributed by atoms with Gasteiger partial charge in [-0.05, 0) is 0 Å². The van der Waals surface area contributed by atoms with Gasteiger partial charge in [-0.3, -0.25) is 9.59 Å². The predicted molar refractivity (Wildman–Crippen MR) is 129 cm³/mol. The minimum atomic E-state index is -0.217. The lowest BCUT2D eigenvalue weighted by Gasteiger charge is -2.29. The monoisotopic (exact) mass is 510 g/mol. The predicted octanol–water partition coefficient (Wildman–Crippen LogP) is 1.07. The van der Waals surface area contributed by atoms with Crippen LogP contribution in [-0.4, -0.2) is 136 Å². The van der Waals surface area contributed by atoms with Crippen molar-refractivity contribution >= 4 is 11.9 Å². The minimum Gasteiger partial charge on any atom is -0.463 e. The molecule has 0 N–H and O–H groups in total. The molecule has 0 aromatic heterocycles. The van der Waals surface area contributed by atoms with E-state index in [9.17, 15) is 9.59 Å². The zero-order valence-corrected chi connectivity index (χ0v) is 22.3. The van der Waals surface area contributed by atoms with Gasteiger partial charge in [0.2, 0.25) is 0 Å². The number of hydrogen-bond acceptors (Lipinski definition) is 10. The van der Waals surface area contributed by atoms with Crippen molar-refractivity contribution in [2.24, 2.45) is 0 Å². The molecule has 0 fully saturated rings. The third-order valence-corrected chi connectivity index (χ3v) is 4.73. The number of rotatable bonds is 26. The largest absolute Gasteiger partial charge is 0.463 e. The SMILES string of the molecule is CCC(=O)OCCOCCOCCOCC[N+](C)(C)CCOCCOCCOCCOC(=O)CC. The second kappa shape index (κ2) is 24.4. The number of carbonyl (C=O) groups excluding carboxylic acids is 2. The Kier molecular flexibility index (Phi) is 23.4. The molecule has 0 aliphatic carbocycles. The van der Waals surface area contributed by atoms with Crippen molar-refractivity contribution in [3.63, 3.8) is 0 Å². The van der Waals surface area contributed by atoms with Crippen LogP contribution < -0.4 is 0 Å². The van der Waals surface area contributed by atoms with E-state index in [1.165, 1.54) is 0 Å². The summed E-state index contributed by atoms with van der Waals surface area (Å²) < 4.78 is 43.4. The van der Waals surface area contributed by atoms with Gasteiger partial charge in [-0.2, -0.15) is 0 Å². The fraction of sp³-hybridized carbons (Fsp3) is 0.917. The molecule has 35 heavy (non-hydrogen) atoms. The van der Waals surface area contributed by atoms with Crippen molar-refractivity contribution in [3.05, 3.63) is 0 Å². The molecule has 0 saturated carbocycles. The topological polar surface area (TPSA) is 108 Å². The van der Waals surface area contributed by atoms with Crippen molar-refractivity contribution in [3.8, 4) is 0 Å². The molecule has 0 unspecified atom stereocenters. The lowest BCUT2D eigenvalue weighted by atomic mass is 10.4. The Bertz CT molecular complexity index is 463. The molecule has 0 saturated heterocycles. The highest BCUT2D eigenvalue weighted by atomic mass is 16.6. The maximum Gasteiger partial charge on any atom is 0.305 e. The van der Waals surface area contributed by atoms with Gasteiger partial charge in [0, 0.05) is 12.8 Å². The van der Waals surface area contributed by atoms with Crippen LogP contribution >= 0.6 is 0 Å². The Morgan fingerprint density at radius 3 is 1.00 bits per heavy atom. The summed E-state index contributed by atoms with van der Waals surface area (Å²) in [5.41, 5.74) is 0. The van der Waals surface area contributed by atoms with E-state index in [1.54, 1.807) is 13.8 Å². The van der Waals surface area contributed by atoms with Gasteiger partial charge in [0.25, 0.3) is 0 Å². The summed E-state index contributed by atoms with van der Waals surface area (Å²) in [5.74, 6) is -0.434. The highest BCUT2D eigenvalue weighted by Gasteiger charge is 2.14. The Labute approximate surface area is 210 Å². The van der Waals surface area contributed by atoms with E-state index < -0.39 is 0 Å². The summed E-state index contributed by atoms with van der Waals surface area (Å²) in [6.07, 6.45) is 0.755. The Hall–Kier alpha value is -1.34. The molecular formula is C24H48NO10+. The van der Waals surface area contributed by atoms with Crippen LogP contribution in [0.5, 0.6) is 0 Å². The van der Waals surface area contributed by atoms with Crippen LogP contribution in [0.15, 0.2) is 0 Å². The van der Waals surface area contributed by atoms with Gasteiger partial charge in [-0.1, -0.05) is 13.8 Å². The number of hydrogen-bond donors (Lipinski definition) is 0. The second-order valence-corrected chi connectivity index (χ2v) is 8.21. The first-order chi connectivity index (χ1) is 16.9. The quantitative estimate of drug-likeness (QED) is 0.0952. The van der Waals surface area contributed by atoms with Crippen LogP contribution in [0, 0.1) is 0 Å². The zero-order chi connectivity index (χ0) is 26.0. The summed E-state index contributed by atoms with van der Waals surface area (Å²) in [6, 6.07) is 0. The van der Waals surface area contributed by atoms with Crippen LogP contribution in [0.4, 0.5) is 0 Å². The maximum atomic E-state index is 11.0. The van der Waals surface area contributed by atoms with Crippen molar-refractivity contribution in [2.45, 2.75) is 26.7 Å². The number of nitrogens with zero attached hydrogens (tertiary/aromatic N) is 1. The number of esters is 2. The summed E-state index contributed by atoms with van der Waals surface area (Å²) in [7, 11) is 4.29. The molecule has 0 aromatic rings. The molecule has 208 valence electrons. The van der Waals surface area contributed by atoms with E-state index in [2.05, 4.69) is 14.1 Å². The van der Waals surface area contributed by atoms with Crippen LogP contribution in [-0.2, 0) is 47.5 Å². The maximum absolute atomic E-state index is 11.0. The first kappa shape index (κ1) is 33.7. The molecule has 11 heteroatoms. The summed E-state index contributed by atoms with van der Waals surface area (Å²) >= 11 is 0. The number of quaternary nitrogens is 1. The molecule has 0 amide bonds. The van der Waals surface area contributed by atoms with Gasteiger partial charge in [0.1, 0.15) is 26.3 Å². The highest BCUT2D eigenvalue weighted by Crippen LogP contribution is 1.97. The molecule has 0 atom stereocenters. The summed E-state index contributed by atoms with van der Waals surface area (Å²) in [4.78, 5) is 21.9. The number of ether oxygens (including phenoxy) is 8. The van der Waals surface area contributed by atoms with Crippen molar-refractivity contribution in [1.82, 2.24) is 0 Å². The Morgan fingerprint density at radius 1 is 0.457 bits per heavy atom. The van der Waals surface area contributed by atoms with E-state index >= 15 is 0 Å². The third-order valence-electron chi connectivity index (χ3n) is 4.73. The molecule has 0 aromatic carbocycles. The normalized spacial score (nSPS) is 11.5. The van der Waals surface area contributed by atoms with E-state index in [-0.39, 0.29) is 25.2 Å². The summed E-state index contributed by atoms with van der Waals surface area (Å²) in [6.45, 7) is 11.9. The highest BCUT2D eigenvalue weighted by molar-refractivity contribution is 5.69. The standard InChI is InChI=1S/C24H48NO10/c1-5-23(26)34-21-19-32-17-15-30-13-11-28-9-7-25(3,4)8-10-29-12-14-31-16-18-33-20-22-35-24(27)6-2/h5-22H2,1-4H3/q+1. The lowest BCUT2D eigenvalue weighted by molar-refractivity contribution is -0.891. The fourth-order valence-corrected chi connectivity index (χ4v) is 2.45. The smallest absolute Gasteiger partial charge is 0.305 e. The van der Waals surface area contributed by atoms with Gasteiger partial charge in [-0.15, -0.1) is 0 Å². The minimum absolute atomic E-state index is 0.217. The zero-order valence-electron chi connectivity index (χ0n) is 22.3. The van der Waals surface area contributed by atoms with Crippen molar-refractivity contribution < 1.29 is 52.0 Å². The number of carbonyl (C=O) groups is 2. The molecule has 0 aliphatic heterocycles. The van der Waals surface area contributed by atoms with Crippen LogP contribution in [0.3, 0.4) is 0 Å². The van der Waals surface area contributed by atoms with Gasteiger partial charge < -0.3 is 42.4 Å². The van der Waals surface area contributed by atoms with Gasteiger partial charge in [0.05, 0.1) is 93.4 Å². The average molecular weight is 511 g/mol. The third kappa shape index (κ3) is 25.6. The average Bonchev–Trinajstić information content (AvgIpc) is 2.84. The first-order valence-electron chi connectivity index (χ1n) is 12.5. The van der Waals surface area contributed by atoms with Gasteiger partial charge >= 0.3 is 11.9 Å². The molecule has 0 rings (SSSR count). The molecule has 0 heterocycles. The molecular weight excluding hydrogens is 462 g/mol. The van der Waals surface area contributed by atoms with E-state index in [1.807, 2.05) is 0 Å². The van der Waals surface area contributed by atoms with Crippen LogP contribution in [0.2, 0.25) is 0 Å². The van der Waals surface area contributed by atoms with Gasteiger partial charge in [-0.25, -0.2) is 0 Å². The lowest BCUT2D eigenvalue weighted by Crippen LogP contribution is -2.44. The van der Waals surface area contributed by atoms with E-state index in [4.69, 9.17) is 37.9 Å². The fourth-order valence-electron chi connectivity index (χ4n) is 2.45. The van der Waals surface area contributed by atoms with Gasteiger partial charge in [0.15, 0.2) is 0 Å². The Balaban J connectivity index is 3.34. The molecule has 0 radical (unpaired) electrons. The van der Waals surface area contributed by atoms with Crippen molar-refractivity contribution in [1.29, 1.82) is 0 Å². The molecule has 0 aliphatic rings. The summed E-state index contributed by atoms with van der Waals surface area (Å²) in [5, 5.41) is 0. The van der Waals surface area contributed by atoms with E-state index in [0.717, 1.165) is 17.6 Å². The van der Waals surface area contributed by atoms with Crippen molar-refractivity contribution in [2.75, 3.05) is 120 Å². The van der Waals surface area contributed by atoms with Crippen LogP contribution in [0.25, 0.3) is 0 Å². The Morgan fingerprint density at radius 2 is 0.714 bits per heavy atom. The molecule has 11 nitrogen and oxygen atoms in total. The molecule has 0 bridgehead atoms. The van der Waals surface area contributed by atoms with Crippen LogP contribution in [0.1, 0.15) is 26.7 Å². The molecule has 0 spiro atoms. The van der Waals surface area contributed by atoms with E-state index in [0.29, 0.717) is 92.1 Å².